The van der Waals surface area contributed by atoms with Gasteiger partial charge < -0.3 is 4.90 Å². The maximum atomic E-state index is 6.21. The van der Waals surface area contributed by atoms with Crippen LogP contribution >= 0.6 is 27.5 Å². The highest BCUT2D eigenvalue weighted by Gasteiger charge is 2.23. The van der Waals surface area contributed by atoms with Crippen molar-refractivity contribution in [2.24, 2.45) is 0 Å². The molecular weight excluding hydrogens is 288 g/mol. The van der Waals surface area contributed by atoms with Crippen LogP contribution in [0.25, 0.3) is 0 Å². The Labute approximate surface area is 110 Å². The Morgan fingerprint density at radius 3 is 2.81 bits per heavy atom. The molecule has 0 aromatic carbocycles. The zero-order chi connectivity index (χ0) is 11.4. The summed E-state index contributed by atoms with van der Waals surface area (Å²) in [7, 11) is 0. The summed E-state index contributed by atoms with van der Waals surface area (Å²) in [6.07, 6.45) is 8.79. The highest BCUT2D eigenvalue weighted by molar-refractivity contribution is 9.09. The second-order valence-electron chi connectivity index (χ2n) is 4.15. The van der Waals surface area contributed by atoms with Crippen LogP contribution in [0.1, 0.15) is 25.7 Å². The zero-order valence-electron chi connectivity index (χ0n) is 9.20. The van der Waals surface area contributed by atoms with Gasteiger partial charge >= 0.3 is 0 Å². The molecule has 0 bridgehead atoms. The summed E-state index contributed by atoms with van der Waals surface area (Å²) in [6, 6.07) is 2.67. The average molecular weight is 304 g/mol. The Bertz CT molecular complexity index is 340. The lowest BCUT2D eigenvalue weighted by atomic mass is 10.2. The number of nitrogens with zero attached hydrogens (tertiary/aromatic N) is 2. The van der Waals surface area contributed by atoms with E-state index in [2.05, 4.69) is 25.8 Å². The second kappa shape index (κ2) is 5.87. The summed E-state index contributed by atoms with van der Waals surface area (Å²) in [5.41, 5.74) is 1.13. The van der Waals surface area contributed by atoms with E-state index in [-0.39, 0.29) is 0 Å². The number of pyridine rings is 1. The van der Waals surface area contributed by atoms with Crippen molar-refractivity contribution in [3.63, 3.8) is 0 Å². The molecule has 4 heteroatoms. The Hall–Kier alpha value is -0.280. The fourth-order valence-electron chi connectivity index (χ4n) is 2.41. The van der Waals surface area contributed by atoms with E-state index in [0.29, 0.717) is 6.04 Å². The van der Waals surface area contributed by atoms with Crippen molar-refractivity contribution in [3.8, 4) is 0 Å². The predicted molar refractivity (Wildman–Crippen MR) is 72.6 cm³/mol. The monoisotopic (exact) mass is 302 g/mol. The van der Waals surface area contributed by atoms with Crippen LogP contribution in [0.5, 0.6) is 0 Å². The quantitative estimate of drug-likeness (QED) is 0.785. The summed E-state index contributed by atoms with van der Waals surface area (Å²) in [5.74, 6) is 0. The van der Waals surface area contributed by atoms with Gasteiger partial charge in [0.15, 0.2) is 0 Å². The van der Waals surface area contributed by atoms with Gasteiger partial charge in [-0.3, -0.25) is 4.98 Å². The molecular formula is C12H16BrClN2. The van der Waals surface area contributed by atoms with Gasteiger partial charge in [-0.1, -0.05) is 40.4 Å². The molecule has 0 spiro atoms. The summed E-state index contributed by atoms with van der Waals surface area (Å²) in [6.45, 7) is 1.01. The van der Waals surface area contributed by atoms with Crippen LogP contribution in [-0.2, 0) is 0 Å². The number of anilines is 1. The first-order chi connectivity index (χ1) is 7.83. The molecule has 16 heavy (non-hydrogen) atoms. The molecule has 1 aliphatic carbocycles. The highest BCUT2D eigenvalue weighted by Crippen LogP contribution is 2.32. The van der Waals surface area contributed by atoms with Crippen molar-refractivity contribution in [3.05, 3.63) is 23.5 Å². The summed E-state index contributed by atoms with van der Waals surface area (Å²) in [4.78, 5) is 6.47. The summed E-state index contributed by atoms with van der Waals surface area (Å²) < 4.78 is 0. The van der Waals surface area contributed by atoms with Crippen LogP contribution in [-0.4, -0.2) is 22.9 Å². The number of rotatable bonds is 4. The summed E-state index contributed by atoms with van der Waals surface area (Å²) >= 11 is 9.73. The standard InChI is InChI=1S/C12H16BrClN2/c13-6-8-16(10-3-1-2-4-10)12-5-7-15-9-11(12)14/h5,7,9-10H,1-4,6,8H2. The Morgan fingerprint density at radius 2 is 2.19 bits per heavy atom. The van der Waals surface area contributed by atoms with Crippen molar-refractivity contribution >= 4 is 33.2 Å². The van der Waals surface area contributed by atoms with E-state index in [1.807, 2.05) is 12.3 Å². The van der Waals surface area contributed by atoms with Crippen LogP contribution in [0.2, 0.25) is 5.02 Å². The predicted octanol–water partition coefficient (Wildman–Crippen LogP) is 3.88. The van der Waals surface area contributed by atoms with Gasteiger partial charge in [0.1, 0.15) is 0 Å². The molecule has 1 aromatic rings. The van der Waals surface area contributed by atoms with Crippen LogP contribution in [0, 0.1) is 0 Å². The first-order valence-electron chi connectivity index (χ1n) is 5.75. The lowest BCUT2D eigenvalue weighted by Crippen LogP contribution is -2.35. The van der Waals surface area contributed by atoms with E-state index in [9.17, 15) is 0 Å². The fourth-order valence-corrected chi connectivity index (χ4v) is 3.02. The molecule has 1 heterocycles. The molecule has 0 N–H and O–H groups in total. The molecule has 0 saturated heterocycles. The van der Waals surface area contributed by atoms with Crippen LogP contribution < -0.4 is 4.90 Å². The van der Waals surface area contributed by atoms with Gasteiger partial charge in [-0.2, -0.15) is 0 Å². The third-order valence-corrected chi connectivity index (χ3v) is 3.80. The van der Waals surface area contributed by atoms with E-state index < -0.39 is 0 Å². The lowest BCUT2D eigenvalue weighted by molar-refractivity contribution is 0.622. The molecule has 0 radical (unpaired) electrons. The van der Waals surface area contributed by atoms with Crippen molar-refractivity contribution in [1.29, 1.82) is 0 Å². The molecule has 2 rings (SSSR count). The van der Waals surface area contributed by atoms with Crippen LogP contribution in [0.4, 0.5) is 5.69 Å². The van der Waals surface area contributed by atoms with E-state index in [1.165, 1.54) is 25.7 Å². The molecule has 1 saturated carbocycles. The topological polar surface area (TPSA) is 16.1 Å². The minimum absolute atomic E-state index is 0.650. The third kappa shape index (κ3) is 2.69. The van der Waals surface area contributed by atoms with Gasteiger partial charge in [0.05, 0.1) is 10.7 Å². The van der Waals surface area contributed by atoms with Gasteiger partial charge in [-0.15, -0.1) is 0 Å². The van der Waals surface area contributed by atoms with Crippen molar-refractivity contribution in [2.45, 2.75) is 31.7 Å². The zero-order valence-corrected chi connectivity index (χ0v) is 11.5. The van der Waals surface area contributed by atoms with Crippen molar-refractivity contribution in [1.82, 2.24) is 4.98 Å². The maximum Gasteiger partial charge on any atom is 0.0822 e. The average Bonchev–Trinajstić information content (AvgIpc) is 2.80. The normalized spacial score (nSPS) is 16.6. The van der Waals surface area contributed by atoms with Gasteiger partial charge in [0, 0.05) is 30.3 Å². The van der Waals surface area contributed by atoms with Gasteiger partial charge in [-0.05, 0) is 18.9 Å². The van der Waals surface area contributed by atoms with Gasteiger partial charge in [-0.25, -0.2) is 0 Å². The number of hydrogen-bond acceptors (Lipinski definition) is 2. The molecule has 2 nitrogen and oxygen atoms in total. The van der Waals surface area contributed by atoms with E-state index in [1.54, 1.807) is 6.20 Å². The van der Waals surface area contributed by atoms with Gasteiger partial charge in [0.25, 0.3) is 0 Å². The third-order valence-electron chi connectivity index (χ3n) is 3.15. The minimum atomic E-state index is 0.650. The van der Waals surface area contributed by atoms with Crippen LogP contribution in [0.15, 0.2) is 18.5 Å². The summed E-state index contributed by atoms with van der Waals surface area (Å²) in [5, 5.41) is 1.73. The smallest absolute Gasteiger partial charge is 0.0822 e. The Morgan fingerprint density at radius 1 is 1.44 bits per heavy atom. The fraction of sp³-hybridized carbons (Fsp3) is 0.583. The number of aromatic nitrogens is 1. The molecule has 1 fully saturated rings. The number of halogens is 2. The molecule has 0 aliphatic heterocycles. The van der Waals surface area contributed by atoms with E-state index >= 15 is 0 Å². The van der Waals surface area contributed by atoms with Crippen molar-refractivity contribution in [2.75, 3.05) is 16.8 Å². The van der Waals surface area contributed by atoms with Gasteiger partial charge in [0.2, 0.25) is 0 Å². The maximum absolute atomic E-state index is 6.21. The molecule has 88 valence electrons. The first kappa shape index (κ1) is 12.2. The van der Waals surface area contributed by atoms with Crippen molar-refractivity contribution < 1.29 is 0 Å². The van der Waals surface area contributed by atoms with Crippen LogP contribution in [0.3, 0.4) is 0 Å². The Kier molecular flexibility index (Phi) is 4.47. The van der Waals surface area contributed by atoms with E-state index in [4.69, 9.17) is 11.6 Å². The molecule has 1 aliphatic rings. The SMILES string of the molecule is Clc1cnccc1N(CCBr)C1CCCC1. The molecule has 0 amide bonds. The lowest BCUT2D eigenvalue weighted by Gasteiger charge is -2.31. The number of hydrogen-bond donors (Lipinski definition) is 0. The first-order valence-corrected chi connectivity index (χ1v) is 7.25. The largest absolute Gasteiger partial charge is 0.366 e. The molecule has 1 aromatic heterocycles. The van der Waals surface area contributed by atoms with E-state index in [0.717, 1.165) is 22.6 Å². The highest BCUT2D eigenvalue weighted by atomic mass is 79.9. The minimum Gasteiger partial charge on any atom is -0.366 e. The molecule has 0 unspecified atom stereocenters. The second-order valence-corrected chi connectivity index (χ2v) is 5.35. The number of alkyl halides is 1. The molecule has 0 atom stereocenters. The Balaban J connectivity index is 2.21.